The molecule has 1 aliphatic heterocycles. The third-order valence-electron chi connectivity index (χ3n) is 5.56. The third kappa shape index (κ3) is 5.65. The minimum atomic E-state index is -4.74. The molecule has 1 aliphatic rings. The van der Waals surface area contributed by atoms with Crippen molar-refractivity contribution >= 4 is 44.7 Å². The maximum Gasteiger partial charge on any atom is 0.417 e. The lowest BCUT2D eigenvalue weighted by Crippen LogP contribution is -2.47. The molecule has 1 unspecified atom stereocenters. The van der Waals surface area contributed by atoms with Crippen LogP contribution in [0.3, 0.4) is 0 Å². The van der Waals surface area contributed by atoms with Gasteiger partial charge in [0.1, 0.15) is 11.8 Å². The molecule has 1 aromatic heterocycles. The summed E-state index contributed by atoms with van der Waals surface area (Å²) >= 11 is 3.09. The number of fused-ring (bicyclic) bond motifs is 1. The van der Waals surface area contributed by atoms with Gasteiger partial charge in [-0.15, -0.1) is 0 Å². The van der Waals surface area contributed by atoms with Gasteiger partial charge in [-0.2, -0.15) is 18.3 Å². The highest BCUT2D eigenvalue weighted by molar-refractivity contribution is 9.10. The number of likely N-dealkylation sites (tertiary alicyclic amines) is 1. The number of aryl methyl sites for hydroxylation is 1. The van der Waals surface area contributed by atoms with Crippen molar-refractivity contribution in [3.63, 3.8) is 0 Å². The molecule has 1 amide bonds. The number of nitrogens with zero attached hydrogens (tertiary/aromatic N) is 3. The van der Waals surface area contributed by atoms with Gasteiger partial charge in [0.25, 0.3) is 0 Å². The quantitative estimate of drug-likeness (QED) is 0.276. The Kier molecular flexibility index (Phi) is 7.73. The zero-order chi connectivity index (χ0) is 27.2. The Morgan fingerprint density at radius 2 is 1.89 bits per heavy atom. The summed E-state index contributed by atoms with van der Waals surface area (Å²) in [6, 6.07) is -2.37. The minimum Gasteiger partial charge on any atom is -0.464 e. The second-order valence-electron chi connectivity index (χ2n) is 9.44. The van der Waals surface area contributed by atoms with Gasteiger partial charge in [-0.1, -0.05) is 15.9 Å². The van der Waals surface area contributed by atoms with Crippen LogP contribution in [0.4, 0.5) is 22.4 Å². The second-order valence-corrected chi connectivity index (χ2v) is 10.3. The molecule has 13 heteroatoms. The molecule has 2 heterocycles. The van der Waals surface area contributed by atoms with E-state index in [9.17, 15) is 31.9 Å². The summed E-state index contributed by atoms with van der Waals surface area (Å²) in [5.74, 6) is -2.04. The SMILES string of the molecule is CCOC(=O)C(C(=O)[C@@H]1C[C@@H](F)CN1C(=O)OC(C)(C)C)n1cc2c(C(F)(F)F)cc(Br)c(C)c2n1. The molecular formula is C23H26BrF4N3O5. The molecule has 0 spiro atoms. The number of esters is 1. The van der Waals surface area contributed by atoms with Crippen molar-refractivity contribution in [1.29, 1.82) is 0 Å². The Hall–Kier alpha value is -2.70. The number of ether oxygens (including phenoxy) is 2. The van der Waals surface area contributed by atoms with E-state index in [2.05, 4.69) is 21.0 Å². The fourth-order valence-corrected chi connectivity index (χ4v) is 4.41. The smallest absolute Gasteiger partial charge is 0.417 e. The molecular weight excluding hydrogens is 554 g/mol. The van der Waals surface area contributed by atoms with E-state index >= 15 is 0 Å². The van der Waals surface area contributed by atoms with Crippen molar-refractivity contribution in [1.82, 2.24) is 14.7 Å². The average molecular weight is 580 g/mol. The number of benzene rings is 1. The highest BCUT2D eigenvalue weighted by Crippen LogP contribution is 2.39. The van der Waals surface area contributed by atoms with Crippen LogP contribution in [-0.4, -0.2) is 63.5 Å². The van der Waals surface area contributed by atoms with Crippen LogP contribution in [0.2, 0.25) is 0 Å². The fraction of sp³-hybridized carbons (Fsp3) is 0.565. The number of Topliss-reactive ketones (excluding diaryl/α,β-unsaturated/α-hetero) is 1. The van der Waals surface area contributed by atoms with Gasteiger partial charge < -0.3 is 9.47 Å². The zero-order valence-corrected chi connectivity index (χ0v) is 21.9. The molecule has 3 atom stereocenters. The van der Waals surface area contributed by atoms with E-state index in [0.29, 0.717) is 5.56 Å². The van der Waals surface area contributed by atoms with Gasteiger partial charge >= 0.3 is 18.2 Å². The van der Waals surface area contributed by atoms with Crippen molar-refractivity contribution in [3.8, 4) is 0 Å². The molecule has 1 fully saturated rings. The number of amides is 1. The predicted molar refractivity (Wildman–Crippen MR) is 124 cm³/mol. The predicted octanol–water partition coefficient (Wildman–Crippen LogP) is 5.15. The van der Waals surface area contributed by atoms with Gasteiger partial charge in [0.05, 0.1) is 30.3 Å². The summed E-state index contributed by atoms with van der Waals surface area (Å²) in [7, 11) is 0. The van der Waals surface area contributed by atoms with Crippen LogP contribution in [-0.2, 0) is 25.2 Å². The minimum absolute atomic E-state index is 0.0856. The van der Waals surface area contributed by atoms with Crippen LogP contribution in [0, 0.1) is 6.92 Å². The van der Waals surface area contributed by atoms with E-state index in [1.807, 2.05) is 0 Å². The molecule has 8 nitrogen and oxygen atoms in total. The molecule has 1 saturated heterocycles. The Morgan fingerprint density at radius 1 is 1.25 bits per heavy atom. The number of carbonyl (C=O) groups excluding carboxylic acids is 3. The number of hydrogen-bond acceptors (Lipinski definition) is 6. The fourth-order valence-electron chi connectivity index (χ4n) is 3.99. The first-order valence-corrected chi connectivity index (χ1v) is 11.9. The van der Waals surface area contributed by atoms with Crippen LogP contribution in [0.1, 0.15) is 51.3 Å². The molecule has 3 rings (SSSR count). The number of aromatic nitrogens is 2. The first kappa shape index (κ1) is 27.9. The van der Waals surface area contributed by atoms with Crippen LogP contribution in [0.25, 0.3) is 10.9 Å². The number of halogens is 5. The lowest BCUT2D eigenvalue weighted by Gasteiger charge is -2.29. The number of alkyl halides is 4. The number of hydrogen-bond donors (Lipinski definition) is 0. The van der Waals surface area contributed by atoms with Gasteiger partial charge in [-0.25, -0.2) is 18.7 Å². The van der Waals surface area contributed by atoms with Gasteiger partial charge in [0.2, 0.25) is 6.04 Å². The number of carbonyl (C=O) groups is 3. The lowest BCUT2D eigenvalue weighted by atomic mass is 10.0. The molecule has 2 aromatic rings. The van der Waals surface area contributed by atoms with Crippen molar-refractivity contribution in [2.24, 2.45) is 0 Å². The maximum absolute atomic E-state index is 14.4. The van der Waals surface area contributed by atoms with Crippen molar-refractivity contribution in [2.45, 2.75) is 71.1 Å². The average Bonchev–Trinajstić information content (AvgIpc) is 3.33. The monoisotopic (exact) mass is 579 g/mol. The van der Waals surface area contributed by atoms with Gasteiger partial charge in [0.15, 0.2) is 5.78 Å². The number of ketones is 1. The Labute approximate surface area is 213 Å². The third-order valence-corrected chi connectivity index (χ3v) is 6.39. The summed E-state index contributed by atoms with van der Waals surface area (Å²) in [5, 5.41) is 3.80. The summed E-state index contributed by atoms with van der Waals surface area (Å²) in [5.41, 5.74) is -1.68. The van der Waals surface area contributed by atoms with Crippen LogP contribution < -0.4 is 0 Å². The molecule has 0 aliphatic carbocycles. The molecule has 36 heavy (non-hydrogen) atoms. The van der Waals surface area contributed by atoms with E-state index in [-0.39, 0.29) is 22.0 Å². The maximum atomic E-state index is 14.4. The normalized spacial score (nSPS) is 19.4. The summed E-state index contributed by atoms with van der Waals surface area (Å²) in [6.45, 7) is 7.24. The van der Waals surface area contributed by atoms with E-state index in [1.54, 1.807) is 20.8 Å². The largest absolute Gasteiger partial charge is 0.464 e. The van der Waals surface area contributed by atoms with Gasteiger partial charge in [-0.3, -0.25) is 9.69 Å². The first-order chi connectivity index (χ1) is 16.5. The van der Waals surface area contributed by atoms with Gasteiger partial charge in [0, 0.05) is 22.5 Å². The van der Waals surface area contributed by atoms with Crippen LogP contribution in [0.15, 0.2) is 16.7 Å². The van der Waals surface area contributed by atoms with Crippen molar-refractivity contribution in [2.75, 3.05) is 13.2 Å². The molecule has 0 N–H and O–H groups in total. The summed E-state index contributed by atoms with van der Waals surface area (Å²) in [4.78, 5) is 40.0. The summed E-state index contributed by atoms with van der Waals surface area (Å²) in [6.07, 6.45) is -6.73. The standard InChI is InChI=1S/C23H26BrF4N3O5/c1-6-35-20(33)18(19(32)16-7-12(25)9-30(16)21(34)36-22(3,4)5)31-10-13-14(23(26,27)28)8-15(24)11(2)17(13)29-31/h8,10,12,16,18H,6-7,9H2,1-5H3/t12-,16+,18?/m1/s1. The highest BCUT2D eigenvalue weighted by Gasteiger charge is 2.47. The van der Waals surface area contributed by atoms with Crippen LogP contribution in [0.5, 0.6) is 0 Å². The van der Waals surface area contributed by atoms with E-state index in [4.69, 9.17) is 9.47 Å². The first-order valence-electron chi connectivity index (χ1n) is 11.1. The van der Waals surface area contributed by atoms with E-state index in [1.165, 1.54) is 13.8 Å². The number of rotatable bonds is 5. The molecule has 0 bridgehead atoms. The second kappa shape index (κ2) is 9.98. The Morgan fingerprint density at radius 3 is 2.44 bits per heavy atom. The Bertz CT molecular complexity index is 1190. The zero-order valence-electron chi connectivity index (χ0n) is 20.3. The van der Waals surface area contributed by atoms with Gasteiger partial charge in [-0.05, 0) is 46.2 Å². The molecule has 0 radical (unpaired) electrons. The topological polar surface area (TPSA) is 90.7 Å². The van der Waals surface area contributed by atoms with Crippen LogP contribution >= 0.6 is 15.9 Å². The lowest BCUT2D eigenvalue weighted by molar-refractivity contribution is -0.152. The molecule has 0 saturated carbocycles. The highest BCUT2D eigenvalue weighted by atomic mass is 79.9. The van der Waals surface area contributed by atoms with Crippen molar-refractivity contribution in [3.05, 3.63) is 27.9 Å². The molecule has 198 valence electrons. The summed E-state index contributed by atoms with van der Waals surface area (Å²) < 4.78 is 66.8. The molecule has 1 aromatic carbocycles. The Balaban J connectivity index is 2.11. The van der Waals surface area contributed by atoms with Crippen molar-refractivity contribution < 1.29 is 41.4 Å². The van der Waals surface area contributed by atoms with E-state index in [0.717, 1.165) is 21.8 Å². The van der Waals surface area contributed by atoms with E-state index < -0.39 is 66.4 Å².